The molecular weight excluding hydrogens is 202 g/mol. The van der Waals surface area contributed by atoms with Crippen LogP contribution in [0.3, 0.4) is 0 Å². The van der Waals surface area contributed by atoms with Crippen LogP contribution >= 0.6 is 0 Å². The van der Waals surface area contributed by atoms with Gasteiger partial charge in [-0.15, -0.1) is 0 Å². The van der Waals surface area contributed by atoms with E-state index >= 15 is 0 Å². The van der Waals surface area contributed by atoms with Crippen molar-refractivity contribution in [2.45, 2.75) is 51.5 Å². The molecule has 16 heavy (non-hydrogen) atoms. The highest BCUT2D eigenvalue weighted by atomic mass is 16.4. The van der Waals surface area contributed by atoms with Crippen molar-refractivity contribution in [3.63, 3.8) is 0 Å². The largest absolute Gasteiger partial charge is 0.481 e. The minimum Gasteiger partial charge on any atom is -0.481 e. The molecule has 2 atom stereocenters. The van der Waals surface area contributed by atoms with E-state index in [1.54, 1.807) is 0 Å². The lowest BCUT2D eigenvalue weighted by Crippen LogP contribution is -2.42. The average Bonchev–Trinajstić information content (AvgIpc) is 3.09. The molecule has 0 aromatic rings. The van der Waals surface area contributed by atoms with Crippen LogP contribution in [0.25, 0.3) is 0 Å². The molecule has 3 heteroatoms. The van der Waals surface area contributed by atoms with Crippen LogP contribution in [0.5, 0.6) is 0 Å². The van der Waals surface area contributed by atoms with E-state index in [-0.39, 0.29) is 0 Å². The Hall–Kier alpha value is -0.570. The molecule has 0 spiro atoms. The Balaban J connectivity index is 1.76. The molecular formula is C13H23NO2. The lowest BCUT2D eigenvalue weighted by molar-refractivity contribution is -0.137. The maximum Gasteiger partial charge on any atom is 0.303 e. The Morgan fingerprint density at radius 3 is 2.81 bits per heavy atom. The van der Waals surface area contributed by atoms with Gasteiger partial charge in [0.25, 0.3) is 0 Å². The zero-order valence-corrected chi connectivity index (χ0v) is 10.2. The summed E-state index contributed by atoms with van der Waals surface area (Å²) < 4.78 is 0. The summed E-state index contributed by atoms with van der Waals surface area (Å²) in [6.45, 7) is 4.70. The topological polar surface area (TPSA) is 40.5 Å². The maximum absolute atomic E-state index is 10.6. The molecule has 1 N–H and O–H groups in total. The summed E-state index contributed by atoms with van der Waals surface area (Å²) in [6.07, 6.45) is 6.48. The summed E-state index contributed by atoms with van der Waals surface area (Å²) >= 11 is 0. The van der Waals surface area contributed by atoms with Gasteiger partial charge >= 0.3 is 5.97 Å². The van der Waals surface area contributed by atoms with Crippen LogP contribution in [0.2, 0.25) is 0 Å². The van der Waals surface area contributed by atoms with Crippen LogP contribution < -0.4 is 0 Å². The summed E-state index contributed by atoms with van der Waals surface area (Å²) in [6, 6.07) is 0.729. The Kier molecular flexibility index (Phi) is 3.85. The molecule has 0 bridgehead atoms. The van der Waals surface area contributed by atoms with Crippen LogP contribution in [-0.2, 0) is 4.79 Å². The molecule has 1 heterocycles. The van der Waals surface area contributed by atoms with Crippen molar-refractivity contribution in [3.05, 3.63) is 0 Å². The summed E-state index contributed by atoms with van der Waals surface area (Å²) in [4.78, 5) is 13.2. The van der Waals surface area contributed by atoms with Gasteiger partial charge in [-0.2, -0.15) is 0 Å². The Bertz CT molecular complexity index is 250. The third-order valence-electron chi connectivity index (χ3n) is 4.20. The monoisotopic (exact) mass is 225 g/mol. The van der Waals surface area contributed by atoms with E-state index in [0.717, 1.165) is 24.9 Å². The van der Waals surface area contributed by atoms with E-state index in [9.17, 15) is 4.79 Å². The van der Waals surface area contributed by atoms with Gasteiger partial charge in [0.15, 0.2) is 0 Å². The van der Waals surface area contributed by atoms with Gasteiger partial charge in [-0.25, -0.2) is 0 Å². The number of carboxylic acids is 1. The number of aliphatic carboxylic acids is 1. The average molecular weight is 225 g/mol. The van der Waals surface area contributed by atoms with Crippen molar-refractivity contribution < 1.29 is 9.90 Å². The fourth-order valence-corrected chi connectivity index (χ4v) is 2.91. The molecule has 0 aromatic carbocycles. The molecule has 2 aliphatic rings. The summed E-state index contributed by atoms with van der Waals surface area (Å²) in [7, 11) is 0. The highest BCUT2D eigenvalue weighted by molar-refractivity contribution is 5.66. The second kappa shape index (κ2) is 5.17. The number of hydrogen-bond donors (Lipinski definition) is 1. The number of nitrogens with zero attached hydrogens (tertiary/aromatic N) is 1. The molecule has 1 saturated heterocycles. The fourth-order valence-electron chi connectivity index (χ4n) is 2.91. The third-order valence-corrected chi connectivity index (χ3v) is 4.20. The van der Waals surface area contributed by atoms with E-state index < -0.39 is 5.97 Å². The van der Waals surface area contributed by atoms with Crippen molar-refractivity contribution >= 4 is 5.97 Å². The van der Waals surface area contributed by atoms with Crippen LogP contribution in [-0.4, -0.2) is 35.1 Å². The highest BCUT2D eigenvalue weighted by Gasteiger charge is 2.34. The minimum absolute atomic E-state index is 0.344. The van der Waals surface area contributed by atoms with Gasteiger partial charge in [-0.05, 0) is 57.4 Å². The van der Waals surface area contributed by atoms with E-state index in [1.807, 2.05) is 0 Å². The molecule has 2 fully saturated rings. The molecule has 3 nitrogen and oxygen atoms in total. The van der Waals surface area contributed by atoms with Crippen molar-refractivity contribution in [1.82, 2.24) is 4.90 Å². The molecule has 2 unspecified atom stereocenters. The van der Waals surface area contributed by atoms with Gasteiger partial charge < -0.3 is 10.0 Å². The van der Waals surface area contributed by atoms with Crippen molar-refractivity contribution in [2.75, 3.05) is 13.1 Å². The van der Waals surface area contributed by atoms with Crippen LogP contribution in [0, 0.1) is 11.8 Å². The second-order valence-corrected chi connectivity index (χ2v) is 5.51. The summed E-state index contributed by atoms with van der Waals surface area (Å²) in [5.41, 5.74) is 0. The van der Waals surface area contributed by atoms with Crippen LogP contribution in [0.4, 0.5) is 0 Å². The molecule has 0 amide bonds. The van der Waals surface area contributed by atoms with Gasteiger partial charge in [0, 0.05) is 19.0 Å². The minimum atomic E-state index is -0.646. The van der Waals surface area contributed by atoms with Gasteiger partial charge in [0.1, 0.15) is 0 Å². The van der Waals surface area contributed by atoms with E-state index in [4.69, 9.17) is 5.11 Å². The Labute approximate surface area is 97.8 Å². The number of likely N-dealkylation sites (tertiary alicyclic amines) is 1. The Morgan fingerprint density at radius 2 is 2.19 bits per heavy atom. The normalized spacial score (nSPS) is 28.9. The van der Waals surface area contributed by atoms with E-state index in [2.05, 4.69) is 11.8 Å². The van der Waals surface area contributed by atoms with Crippen LogP contribution in [0.15, 0.2) is 0 Å². The molecule has 1 saturated carbocycles. The zero-order chi connectivity index (χ0) is 11.5. The zero-order valence-electron chi connectivity index (χ0n) is 10.2. The molecule has 1 aliphatic carbocycles. The lowest BCUT2D eigenvalue weighted by atomic mass is 9.92. The van der Waals surface area contributed by atoms with Crippen LogP contribution in [0.1, 0.15) is 45.4 Å². The van der Waals surface area contributed by atoms with Gasteiger partial charge in [-0.3, -0.25) is 4.79 Å². The predicted octanol–water partition coefficient (Wildman–Crippen LogP) is 2.36. The standard InChI is InChI=1S/C13H23NO2/c1-10(12-5-6-12)14-8-2-3-11(9-14)4-7-13(15)16/h10-12H,2-9H2,1H3,(H,15,16). The molecule has 0 aromatic heterocycles. The lowest BCUT2D eigenvalue weighted by Gasteiger charge is -2.37. The van der Waals surface area contributed by atoms with E-state index in [0.29, 0.717) is 12.3 Å². The first-order chi connectivity index (χ1) is 7.66. The SMILES string of the molecule is CC(C1CC1)N1CCCC(CCC(=O)O)C1. The summed E-state index contributed by atoms with van der Waals surface area (Å²) in [5.74, 6) is 0.900. The predicted molar refractivity (Wildman–Crippen MR) is 63.4 cm³/mol. The maximum atomic E-state index is 10.6. The van der Waals surface area contributed by atoms with Crippen molar-refractivity contribution in [3.8, 4) is 0 Å². The molecule has 92 valence electrons. The molecule has 0 radical (unpaired) electrons. The number of rotatable bonds is 5. The number of carboxylic acid groups (broad SMARTS) is 1. The first-order valence-electron chi connectivity index (χ1n) is 6.62. The Morgan fingerprint density at radius 1 is 1.44 bits per heavy atom. The first kappa shape index (κ1) is 11.9. The fraction of sp³-hybridized carbons (Fsp3) is 0.923. The number of carbonyl (C=O) groups is 1. The summed E-state index contributed by atoms with van der Waals surface area (Å²) in [5, 5.41) is 8.70. The van der Waals surface area contributed by atoms with Crippen molar-refractivity contribution in [2.24, 2.45) is 11.8 Å². The third kappa shape index (κ3) is 3.21. The highest BCUT2D eigenvalue weighted by Crippen LogP contribution is 2.36. The number of piperidine rings is 1. The van der Waals surface area contributed by atoms with Gasteiger partial charge in [-0.1, -0.05) is 0 Å². The molecule has 2 rings (SSSR count). The second-order valence-electron chi connectivity index (χ2n) is 5.51. The smallest absolute Gasteiger partial charge is 0.303 e. The quantitative estimate of drug-likeness (QED) is 0.781. The first-order valence-corrected chi connectivity index (χ1v) is 6.62. The van der Waals surface area contributed by atoms with Crippen molar-refractivity contribution in [1.29, 1.82) is 0 Å². The number of hydrogen-bond acceptors (Lipinski definition) is 2. The van der Waals surface area contributed by atoms with Gasteiger partial charge in [0.2, 0.25) is 0 Å². The van der Waals surface area contributed by atoms with E-state index in [1.165, 1.54) is 32.2 Å². The van der Waals surface area contributed by atoms with Gasteiger partial charge in [0.05, 0.1) is 0 Å². The molecule has 1 aliphatic heterocycles.